The minimum absolute atomic E-state index is 0.116. The Morgan fingerprint density at radius 3 is 2.56 bits per heavy atom. The lowest BCUT2D eigenvalue weighted by Gasteiger charge is -2.07. The maximum absolute atomic E-state index is 12.3. The van der Waals surface area contributed by atoms with Gasteiger partial charge in [0.25, 0.3) is 5.56 Å². The Labute approximate surface area is 142 Å². The van der Waals surface area contributed by atoms with Crippen molar-refractivity contribution in [3.05, 3.63) is 75.0 Å². The maximum Gasteiger partial charge on any atom is 0.441 e. The minimum Gasteiger partial charge on any atom is -0.497 e. The van der Waals surface area contributed by atoms with Crippen molar-refractivity contribution in [3.8, 4) is 5.75 Å². The number of carbonyl (C=O) groups excluding carboxylic acids is 1. The van der Waals surface area contributed by atoms with Gasteiger partial charge in [0.05, 0.1) is 12.5 Å². The molecule has 2 aromatic carbocycles. The summed E-state index contributed by atoms with van der Waals surface area (Å²) in [5.74, 6) is -0.657. The molecule has 0 aliphatic heterocycles. The summed E-state index contributed by atoms with van der Waals surface area (Å²) in [7, 11) is 1.58. The molecule has 7 heteroatoms. The van der Waals surface area contributed by atoms with Crippen molar-refractivity contribution >= 4 is 16.9 Å². The lowest BCUT2D eigenvalue weighted by Crippen LogP contribution is -2.42. The zero-order chi connectivity index (χ0) is 17.8. The number of hydrogen-bond donors (Lipinski definition) is 1. The van der Waals surface area contributed by atoms with Gasteiger partial charge in [0, 0.05) is 6.42 Å². The third kappa shape index (κ3) is 3.60. The average Bonchev–Trinajstić information content (AvgIpc) is 2.64. The highest BCUT2D eigenvalue weighted by Crippen LogP contribution is 2.12. The Morgan fingerprint density at radius 2 is 1.84 bits per heavy atom. The third-order valence-corrected chi connectivity index (χ3v) is 3.74. The van der Waals surface area contributed by atoms with Crippen molar-refractivity contribution in [1.29, 1.82) is 0 Å². The number of aromatic nitrogens is 1. The number of hydrogen-bond acceptors (Lipinski definition) is 5. The number of rotatable bonds is 5. The van der Waals surface area contributed by atoms with Crippen molar-refractivity contribution in [2.75, 3.05) is 12.5 Å². The first-order chi connectivity index (χ1) is 12.1. The number of nitrogens with one attached hydrogen (secondary N) is 1. The maximum atomic E-state index is 12.3. The molecule has 0 radical (unpaired) electrons. The molecule has 1 heterocycles. The molecule has 0 saturated carbocycles. The van der Waals surface area contributed by atoms with E-state index < -0.39 is 17.2 Å². The molecule has 128 valence electrons. The number of amides is 1. The van der Waals surface area contributed by atoms with E-state index in [1.807, 2.05) is 12.1 Å². The smallest absolute Gasteiger partial charge is 0.441 e. The number of benzene rings is 2. The summed E-state index contributed by atoms with van der Waals surface area (Å²) < 4.78 is 10.7. The minimum atomic E-state index is -0.929. The highest BCUT2D eigenvalue weighted by atomic mass is 16.5. The van der Waals surface area contributed by atoms with E-state index in [1.165, 1.54) is 12.1 Å². The van der Waals surface area contributed by atoms with E-state index in [2.05, 4.69) is 5.43 Å². The summed E-state index contributed by atoms with van der Waals surface area (Å²) in [5.41, 5.74) is 2.80. The number of aryl methyl sites for hydroxylation is 1. The highest BCUT2D eigenvalue weighted by Gasteiger charge is 2.12. The number of para-hydroxylation sites is 1. The largest absolute Gasteiger partial charge is 0.497 e. The van der Waals surface area contributed by atoms with E-state index in [0.29, 0.717) is 11.1 Å². The fourth-order valence-corrected chi connectivity index (χ4v) is 2.40. The van der Waals surface area contributed by atoms with E-state index in [-0.39, 0.29) is 17.4 Å². The van der Waals surface area contributed by atoms with Crippen LogP contribution in [0.15, 0.2) is 62.5 Å². The predicted octanol–water partition coefficient (Wildman–Crippen LogP) is 1.67. The van der Waals surface area contributed by atoms with Crippen LogP contribution in [0.25, 0.3) is 11.0 Å². The molecule has 1 aromatic heterocycles. The van der Waals surface area contributed by atoms with Crippen LogP contribution in [-0.4, -0.2) is 17.7 Å². The number of fused-ring (bicyclic) bond motifs is 1. The lowest BCUT2D eigenvalue weighted by atomic mass is 10.1. The molecule has 3 aromatic rings. The molecular formula is C18H16N2O5. The summed E-state index contributed by atoms with van der Waals surface area (Å²) in [4.78, 5) is 36.3. The summed E-state index contributed by atoms with van der Waals surface area (Å²) >= 11 is 0. The molecule has 0 saturated heterocycles. The molecule has 0 unspecified atom stereocenters. The second-order valence-corrected chi connectivity index (χ2v) is 5.39. The second kappa shape index (κ2) is 7.04. The molecule has 0 atom stereocenters. The normalized spacial score (nSPS) is 10.6. The highest BCUT2D eigenvalue weighted by molar-refractivity contribution is 5.84. The van der Waals surface area contributed by atoms with Crippen LogP contribution in [0.1, 0.15) is 12.0 Å². The topological polar surface area (TPSA) is 90.5 Å². The quantitative estimate of drug-likeness (QED) is 0.763. The summed E-state index contributed by atoms with van der Waals surface area (Å²) in [5, 5.41) is 0.220. The van der Waals surface area contributed by atoms with Crippen LogP contribution in [0.4, 0.5) is 0 Å². The number of ether oxygens (including phenoxy) is 1. The Hall–Kier alpha value is -3.35. The molecule has 25 heavy (non-hydrogen) atoms. The summed E-state index contributed by atoms with van der Waals surface area (Å²) in [6.45, 7) is 0. The first-order valence-electron chi connectivity index (χ1n) is 7.66. The third-order valence-electron chi connectivity index (χ3n) is 3.74. The van der Waals surface area contributed by atoms with Gasteiger partial charge in [0.1, 0.15) is 11.3 Å². The predicted molar refractivity (Wildman–Crippen MR) is 92.4 cm³/mol. The van der Waals surface area contributed by atoms with E-state index in [4.69, 9.17) is 9.15 Å². The molecule has 1 N–H and O–H groups in total. The Balaban J connectivity index is 1.73. The van der Waals surface area contributed by atoms with E-state index in [9.17, 15) is 14.4 Å². The van der Waals surface area contributed by atoms with Gasteiger partial charge < -0.3 is 9.15 Å². The molecule has 0 fully saturated rings. The first kappa shape index (κ1) is 16.5. The van der Waals surface area contributed by atoms with Gasteiger partial charge in [-0.05, 0) is 36.2 Å². The lowest BCUT2D eigenvalue weighted by molar-refractivity contribution is -0.117. The molecule has 7 nitrogen and oxygen atoms in total. The molecule has 3 rings (SSSR count). The van der Waals surface area contributed by atoms with E-state index in [1.54, 1.807) is 31.4 Å². The Kier molecular flexibility index (Phi) is 4.65. The van der Waals surface area contributed by atoms with Crippen LogP contribution in [0.2, 0.25) is 0 Å². The van der Waals surface area contributed by atoms with Crippen LogP contribution in [0, 0.1) is 0 Å². The average molecular weight is 340 g/mol. The molecule has 0 spiro atoms. The van der Waals surface area contributed by atoms with Gasteiger partial charge in [-0.2, -0.15) is 0 Å². The van der Waals surface area contributed by atoms with Crippen molar-refractivity contribution in [3.63, 3.8) is 0 Å². The van der Waals surface area contributed by atoms with E-state index in [0.717, 1.165) is 11.3 Å². The van der Waals surface area contributed by atoms with Crippen LogP contribution < -0.4 is 21.5 Å². The van der Waals surface area contributed by atoms with Gasteiger partial charge in [-0.25, -0.2) is 4.79 Å². The Morgan fingerprint density at radius 1 is 1.12 bits per heavy atom. The van der Waals surface area contributed by atoms with E-state index >= 15 is 0 Å². The number of nitrogens with zero attached hydrogens (tertiary/aromatic N) is 1. The zero-order valence-electron chi connectivity index (χ0n) is 13.5. The van der Waals surface area contributed by atoms with Crippen molar-refractivity contribution in [2.45, 2.75) is 12.8 Å². The Bertz CT molecular complexity index is 1020. The molecule has 0 bridgehead atoms. The van der Waals surface area contributed by atoms with Gasteiger partial charge in [-0.3, -0.25) is 15.0 Å². The van der Waals surface area contributed by atoms with Gasteiger partial charge in [0.15, 0.2) is 0 Å². The summed E-state index contributed by atoms with van der Waals surface area (Å²) in [6, 6.07) is 13.7. The van der Waals surface area contributed by atoms with Gasteiger partial charge in [-0.1, -0.05) is 24.3 Å². The van der Waals surface area contributed by atoms with Crippen molar-refractivity contribution in [2.24, 2.45) is 0 Å². The fraction of sp³-hybridized carbons (Fsp3) is 0.167. The molecular weight excluding hydrogens is 324 g/mol. The SMILES string of the molecule is COc1ccc(CCC(=O)Nn2c(=O)oc3ccccc3c2=O)cc1. The number of methoxy groups -OCH3 is 1. The fourth-order valence-electron chi connectivity index (χ4n) is 2.40. The monoisotopic (exact) mass is 340 g/mol. The van der Waals surface area contributed by atoms with Crippen LogP contribution >= 0.6 is 0 Å². The second-order valence-electron chi connectivity index (χ2n) is 5.39. The van der Waals surface area contributed by atoms with Crippen LogP contribution in [0.3, 0.4) is 0 Å². The van der Waals surface area contributed by atoms with Gasteiger partial charge in [0.2, 0.25) is 5.91 Å². The summed E-state index contributed by atoms with van der Waals surface area (Å²) in [6.07, 6.45) is 0.578. The van der Waals surface area contributed by atoms with Crippen molar-refractivity contribution < 1.29 is 13.9 Å². The number of carbonyl (C=O) groups is 1. The zero-order valence-corrected chi connectivity index (χ0v) is 13.5. The van der Waals surface area contributed by atoms with Gasteiger partial charge in [-0.15, -0.1) is 4.68 Å². The van der Waals surface area contributed by atoms with Crippen molar-refractivity contribution in [1.82, 2.24) is 4.68 Å². The molecule has 0 aliphatic rings. The van der Waals surface area contributed by atoms with Crippen LogP contribution in [0.5, 0.6) is 5.75 Å². The molecule has 0 aliphatic carbocycles. The van der Waals surface area contributed by atoms with Gasteiger partial charge >= 0.3 is 5.76 Å². The molecule has 1 amide bonds. The van der Waals surface area contributed by atoms with Crippen LogP contribution in [-0.2, 0) is 11.2 Å². The standard InChI is InChI=1S/C18H16N2O5/c1-24-13-9-6-12(7-10-13)8-11-16(21)19-20-17(22)14-4-2-3-5-15(14)25-18(20)23/h2-7,9-10H,8,11H2,1H3,(H,19,21). The first-order valence-corrected chi connectivity index (χ1v) is 7.66.